The summed E-state index contributed by atoms with van der Waals surface area (Å²) in [7, 11) is -8.21. The molecule has 0 saturated carbocycles. The highest BCUT2D eigenvalue weighted by Gasteiger charge is 2.28. The van der Waals surface area contributed by atoms with Crippen molar-refractivity contribution in [2.75, 3.05) is 12.3 Å². The van der Waals surface area contributed by atoms with Crippen LogP contribution in [-0.4, -0.2) is 49.8 Å². The number of primary sulfonamides is 1. The molecule has 2 rings (SSSR count). The molecule has 0 aliphatic carbocycles. The minimum atomic E-state index is -4.33. The number of aromatic amines is 1. The Morgan fingerprint density at radius 3 is 2.45 bits per heavy atom. The number of sulfone groups is 1. The Bertz CT molecular complexity index is 861. The summed E-state index contributed by atoms with van der Waals surface area (Å²) in [5.41, 5.74) is 5.27. The lowest BCUT2D eigenvalue weighted by molar-refractivity contribution is 0.582. The Morgan fingerprint density at radius 2 is 1.91 bits per heavy atom. The number of tetrazole rings is 1. The van der Waals surface area contributed by atoms with Gasteiger partial charge in [0, 0.05) is 5.56 Å². The van der Waals surface area contributed by atoms with Gasteiger partial charge in [-0.1, -0.05) is 6.07 Å². The maximum Gasteiger partial charge on any atom is 0.240 e. The van der Waals surface area contributed by atoms with E-state index in [9.17, 15) is 16.8 Å². The molecule has 12 heteroatoms. The van der Waals surface area contributed by atoms with Gasteiger partial charge in [0.15, 0.2) is 9.84 Å². The highest BCUT2D eigenvalue weighted by atomic mass is 32.2. The summed E-state index contributed by atoms with van der Waals surface area (Å²) in [6.07, 6.45) is 0.193. The number of nitrogens with one attached hydrogen (secondary N) is 1. The molecule has 0 spiro atoms. The SMILES string of the molecule is NCCCS(=O)(=O)c1cccc(-c2nn[nH]n2)c1S(N)(=O)=O. The monoisotopic (exact) mass is 346 g/mol. The van der Waals surface area contributed by atoms with E-state index >= 15 is 0 Å². The topological polar surface area (TPSA) is 175 Å². The summed E-state index contributed by atoms with van der Waals surface area (Å²) in [5.74, 6) is -0.360. The largest absolute Gasteiger partial charge is 0.330 e. The summed E-state index contributed by atoms with van der Waals surface area (Å²) >= 11 is 0. The van der Waals surface area contributed by atoms with Gasteiger partial charge in [-0.15, -0.1) is 10.2 Å². The first-order chi connectivity index (χ1) is 10.3. The van der Waals surface area contributed by atoms with Gasteiger partial charge in [-0.2, -0.15) is 5.21 Å². The quantitative estimate of drug-likeness (QED) is 0.574. The maximum absolute atomic E-state index is 12.3. The molecule has 0 radical (unpaired) electrons. The zero-order chi connectivity index (χ0) is 16.4. The van der Waals surface area contributed by atoms with Crippen LogP contribution in [0.2, 0.25) is 0 Å². The molecule has 0 unspecified atom stereocenters. The first-order valence-electron chi connectivity index (χ1n) is 6.10. The van der Waals surface area contributed by atoms with E-state index in [-0.39, 0.29) is 30.1 Å². The summed E-state index contributed by atoms with van der Waals surface area (Å²) in [6, 6.07) is 3.91. The molecule has 1 aromatic heterocycles. The first kappa shape index (κ1) is 16.5. The lowest BCUT2D eigenvalue weighted by Crippen LogP contribution is -2.20. The third-order valence-electron chi connectivity index (χ3n) is 2.80. The molecule has 0 saturated heterocycles. The molecule has 1 aromatic carbocycles. The summed E-state index contributed by atoms with van der Waals surface area (Å²) in [5, 5.41) is 18.0. The number of nitrogens with zero attached hydrogens (tertiary/aromatic N) is 3. The van der Waals surface area contributed by atoms with E-state index in [2.05, 4.69) is 20.6 Å². The number of rotatable bonds is 6. The Balaban J connectivity index is 2.74. The van der Waals surface area contributed by atoms with E-state index < -0.39 is 29.7 Å². The van der Waals surface area contributed by atoms with Crippen molar-refractivity contribution >= 4 is 19.9 Å². The standard InChI is InChI=1S/C10H14N6O4S2/c11-5-2-6-21(17,18)8-4-1-3-7(9(8)22(12,19)20)10-13-15-16-14-10/h1,3-4H,2,5-6,11H2,(H2,12,19,20)(H,13,14,15,16). The molecule has 120 valence electrons. The van der Waals surface area contributed by atoms with Crippen LogP contribution in [-0.2, 0) is 19.9 Å². The van der Waals surface area contributed by atoms with E-state index in [0.717, 1.165) is 0 Å². The number of hydrogen-bond acceptors (Lipinski definition) is 8. The van der Waals surface area contributed by atoms with Gasteiger partial charge in [-0.3, -0.25) is 0 Å². The van der Waals surface area contributed by atoms with Crippen LogP contribution in [0.3, 0.4) is 0 Å². The molecular formula is C10H14N6O4S2. The van der Waals surface area contributed by atoms with Crippen molar-refractivity contribution in [2.45, 2.75) is 16.2 Å². The van der Waals surface area contributed by atoms with Gasteiger partial charge < -0.3 is 5.73 Å². The van der Waals surface area contributed by atoms with Crippen molar-refractivity contribution in [3.63, 3.8) is 0 Å². The first-order valence-corrected chi connectivity index (χ1v) is 9.29. The summed E-state index contributed by atoms with van der Waals surface area (Å²) < 4.78 is 48.5. The molecule has 0 aliphatic heterocycles. The Kier molecular flexibility index (Phi) is 4.55. The second-order valence-electron chi connectivity index (χ2n) is 4.37. The number of benzene rings is 1. The predicted octanol–water partition coefficient (Wildman–Crippen LogP) is -1.36. The van der Waals surface area contributed by atoms with Crippen LogP contribution in [0.25, 0.3) is 11.4 Å². The summed E-state index contributed by atoms with van der Waals surface area (Å²) in [4.78, 5) is -0.945. The van der Waals surface area contributed by atoms with Crippen molar-refractivity contribution in [2.24, 2.45) is 10.9 Å². The van der Waals surface area contributed by atoms with E-state index in [1.807, 2.05) is 0 Å². The fraction of sp³-hybridized carbons (Fsp3) is 0.300. The van der Waals surface area contributed by atoms with Gasteiger partial charge in [0.25, 0.3) is 0 Å². The average Bonchev–Trinajstić information content (AvgIpc) is 2.97. The number of sulfonamides is 1. The zero-order valence-electron chi connectivity index (χ0n) is 11.3. The number of hydrogen-bond donors (Lipinski definition) is 3. The number of H-pyrrole nitrogens is 1. The molecule has 0 bridgehead atoms. The zero-order valence-corrected chi connectivity index (χ0v) is 12.9. The molecule has 5 N–H and O–H groups in total. The van der Waals surface area contributed by atoms with E-state index in [4.69, 9.17) is 10.9 Å². The average molecular weight is 346 g/mol. The molecule has 0 aliphatic rings. The molecule has 1 heterocycles. The van der Waals surface area contributed by atoms with Crippen LogP contribution in [0, 0.1) is 0 Å². The molecule has 0 amide bonds. The van der Waals surface area contributed by atoms with E-state index in [0.29, 0.717) is 0 Å². The van der Waals surface area contributed by atoms with Crippen LogP contribution >= 0.6 is 0 Å². The van der Waals surface area contributed by atoms with Gasteiger partial charge in [0.1, 0.15) is 4.90 Å². The highest BCUT2D eigenvalue weighted by molar-refractivity contribution is 7.93. The normalized spacial score (nSPS) is 12.5. The molecule has 0 fully saturated rings. The van der Waals surface area contributed by atoms with Crippen molar-refractivity contribution in [1.29, 1.82) is 0 Å². The molecular weight excluding hydrogens is 332 g/mol. The minimum absolute atomic E-state index is 0.0370. The van der Waals surface area contributed by atoms with Gasteiger partial charge in [0.2, 0.25) is 15.8 Å². The molecule has 0 atom stereocenters. The minimum Gasteiger partial charge on any atom is -0.330 e. The molecule has 2 aromatic rings. The van der Waals surface area contributed by atoms with Crippen LogP contribution in [0.15, 0.2) is 28.0 Å². The summed E-state index contributed by atoms with van der Waals surface area (Å²) in [6.45, 7) is 0.161. The third-order valence-corrected chi connectivity index (χ3v) is 5.78. The smallest absolute Gasteiger partial charge is 0.240 e. The van der Waals surface area contributed by atoms with Crippen LogP contribution in [0.1, 0.15) is 6.42 Å². The van der Waals surface area contributed by atoms with Crippen molar-refractivity contribution in [3.05, 3.63) is 18.2 Å². The van der Waals surface area contributed by atoms with Gasteiger partial charge in [-0.05, 0) is 30.3 Å². The lowest BCUT2D eigenvalue weighted by atomic mass is 10.2. The maximum atomic E-state index is 12.3. The Labute approximate surface area is 126 Å². The number of nitrogens with two attached hydrogens (primary N) is 2. The molecule has 22 heavy (non-hydrogen) atoms. The Hall–Kier alpha value is -1.89. The van der Waals surface area contributed by atoms with Crippen molar-refractivity contribution < 1.29 is 16.8 Å². The van der Waals surface area contributed by atoms with Crippen molar-refractivity contribution in [1.82, 2.24) is 20.6 Å². The van der Waals surface area contributed by atoms with Gasteiger partial charge >= 0.3 is 0 Å². The second-order valence-corrected chi connectivity index (χ2v) is 7.95. The van der Waals surface area contributed by atoms with Crippen LogP contribution in [0.5, 0.6) is 0 Å². The van der Waals surface area contributed by atoms with Gasteiger partial charge in [0.05, 0.1) is 10.6 Å². The van der Waals surface area contributed by atoms with Crippen molar-refractivity contribution in [3.8, 4) is 11.4 Å². The van der Waals surface area contributed by atoms with Gasteiger partial charge in [-0.25, -0.2) is 22.0 Å². The number of aromatic nitrogens is 4. The Morgan fingerprint density at radius 1 is 1.18 bits per heavy atom. The lowest BCUT2D eigenvalue weighted by Gasteiger charge is -2.11. The third kappa shape index (κ3) is 3.30. The molecule has 10 nitrogen and oxygen atoms in total. The van der Waals surface area contributed by atoms with E-state index in [1.54, 1.807) is 0 Å². The van der Waals surface area contributed by atoms with Crippen LogP contribution in [0.4, 0.5) is 0 Å². The second kappa shape index (κ2) is 6.08. The fourth-order valence-electron chi connectivity index (χ4n) is 1.89. The fourth-order valence-corrected chi connectivity index (χ4v) is 4.88. The van der Waals surface area contributed by atoms with Crippen LogP contribution < -0.4 is 10.9 Å². The van der Waals surface area contributed by atoms with E-state index in [1.165, 1.54) is 18.2 Å². The predicted molar refractivity (Wildman–Crippen MR) is 76.7 cm³/mol. The highest BCUT2D eigenvalue weighted by Crippen LogP contribution is 2.30.